The fraction of sp³-hybridized carbons (Fsp3) is 0.788. The monoisotopic (exact) mass is 575 g/mol. The summed E-state index contributed by atoms with van der Waals surface area (Å²) < 4.78 is 0. The number of amides is 2. The molecular weight excluding hydrogens is 500 g/mol. The second-order valence-corrected chi connectivity index (χ2v) is 8.01. The topological polar surface area (TPSA) is 105 Å². The second-order valence-electron chi connectivity index (χ2n) is 8.01. The highest BCUT2D eigenvalue weighted by Gasteiger charge is 2.23. The van der Waals surface area contributed by atoms with Crippen molar-refractivity contribution in [3.63, 3.8) is 0 Å². The minimum absolute atomic E-state index is 0.0351. The molecule has 1 aliphatic heterocycles. The quantitative estimate of drug-likeness (QED) is 0.124. The molecule has 0 spiro atoms. The molecule has 0 aromatic rings. The van der Waals surface area contributed by atoms with Crippen LogP contribution in [0.1, 0.15) is 141 Å². The summed E-state index contributed by atoms with van der Waals surface area (Å²) in [7, 11) is 0. The zero-order chi connectivity index (χ0) is 33.0. The Morgan fingerprint density at radius 1 is 0.900 bits per heavy atom. The maximum atomic E-state index is 11.0. The number of carbonyl (C=O) groups is 3. The van der Waals surface area contributed by atoms with Crippen LogP contribution in [-0.2, 0) is 14.4 Å². The maximum absolute atomic E-state index is 11.0. The molecule has 1 atom stereocenters. The number of carbonyl (C=O) groups excluding carboxylic acids is 3. The average molecular weight is 575 g/mol. The number of ketones is 1. The van der Waals surface area contributed by atoms with Gasteiger partial charge in [0.05, 0.1) is 13.1 Å². The van der Waals surface area contributed by atoms with Crippen LogP contribution in [0.25, 0.3) is 0 Å². The van der Waals surface area contributed by atoms with Gasteiger partial charge in [-0.1, -0.05) is 127 Å². The van der Waals surface area contributed by atoms with Gasteiger partial charge in [-0.2, -0.15) is 0 Å². The highest BCUT2D eigenvalue weighted by Crippen LogP contribution is 2.15. The van der Waals surface area contributed by atoms with Gasteiger partial charge in [0.1, 0.15) is 5.78 Å². The molecular formula is C33H74N4O3. The molecule has 7 nitrogen and oxygen atoms in total. The van der Waals surface area contributed by atoms with Crippen molar-refractivity contribution < 1.29 is 14.4 Å². The molecule has 244 valence electrons. The zero-order valence-corrected chi connectivity index (χ0v) is 29.2. The van der Waals surface area contributed by atoms with E-state index >= 15 is 0 Å². The summed E-state index contributed by atoms with van der Waals surface area (Å²) in [5, 5.41) is 5.06. The van der Waals surface area contributed by atoms with Crippen LogP contribution in [0.4, 0.5) is 0 Å². The molecule has 0 bridgehead atoms. The van der Waals surface area contributed by atoms with Crippen molar-refractivity contribution in [2.75, 3.05) is 26.2 Å². The lowest BCUT2D eigenvalue weighted by atomic mass is 10.1. The third kappa shape index (κ3) is 65.2. The lowest BCUT2D eigenvalue weighted by Crippen LogP contribution is -2.37. The highest BCUT2D eigenvalue weighted by molar-refractivity contribution is 5.79. The first-order valence-corrected chi connectivity index (χ1v) is 15.9. The first-order valence-electron chi connectivity index (χ1n) is 15.9. The molecule has 1 rings (SSSR count). The van der Waals surface area contributed by atoms with E-state index < -0.39 is 0 Å². The van der Waals surface area contributed by atoms with E-state index in [1.165, 1.54) is 51.9 Å². The zero-order valence-electron chi connectivity index (χ0n) is 29.2. The first-order chi connectivity index (χ1) is 19.3. The van der Waals surface area contributed by atoms with E-state index in [2.05, 4.69) is 58.4 Å². The average Bonchev–Trinajstić information content (AvgIpc) is 3.43. The highest BCUT2D eigenvalue weighted by atomic mass is 16.2. The lowest BCUT2D eigenvalue weighted by molar-refractivity contribution is -0.130. The van der Waals surface area contributed by atoms with Crippen molar-refractivity contribution in [1.82, 2.24) is 15.5 Å². The van der Waals surface area contributed by atoms with Gasteiger partial charge in [-0.25, -0.2) is 0 Å². The van der Waals surface area contributed by atoms with Crippen molar-refractivity contribution in [3.05, 3.63) is 25.4 Å². The number of nitrogens with zero attached hydrogens (tertiary/aromatic N) is 1. The normalized spacial score (nSPS) is 11.5. The number of Topliss-reactive ketones (excluding diaryl/α,β-unsaturated/α-hetero) is 1. The van der Waals surface area contributed by atoms with Crippen molar-refractivity contribution >= 4 is 18.1 Å². The van der Waals surface area contributed by atoms with Crippen LogP contribution in [0, 0.1) is 0 Å². The summed E-state index contributed by atoms with van der Waals surface area (Å²) in [4.78, 5) is 32.3. The molecule has 0 aliphatic carbocycles. The van der Waals surface area contributed by atoms with E-state index in [4.69, 9.17) is 5.73 Å². The predicted molar refractivity (Wildman–Crippen MR) is 182 cm³/mol. The van der Waals surface area contributed by atoms with E-state index in [1.807, 2.05) is 46.4 Å². The summed E-state index contributed by atoms with van der Waals surface area (Å²) in [6, 6.07) is 0.413. The van der Waals surface area contributed by atoms with Gasteiger partial charge < -0.3 is 21.3 Å². The predicted octanol–water partition coefficient (Wildman–Crippen LogP) is 8.04. The van der Waals surface area contributed by atoms with Crippen LogP contribution in [-0.4, -0.2) is 55.2 Å². The van der Waals surface area contributed by atoms with E-state index in [1.54, 1.807) is 12.3 Å². The third-order valence-corrected chi connectivity index (χ3v) is 4.35. The molecule has 0 aromatic carbocycles. The molecule has 0 aromatic heterocycles. The molecule has 7 heteroatoms. The molecule has 40 heavy (non-hydrogen) atoms. The first kappa shape index (κ1) is 54.0. The van der Waals surface area contributed by atoms with E-state index in [-0.39, 0.29) is 24.8 Å². The Balaban J connectivity index is -0.0000000669. The van der Waals surface area contributed by atoms with Crippen LogP contribution in [0.5, 0.6) is 0 Å². The Kier molecular flexibility index (Phi) is 82.4. The van der Waals surface area contributed by atoms with Crippen LogP contribution in [0.3, 0.4) is 0 Å². The van der Waals surface area contributed by atoms with Gasteiger partial charge >= 0.3 is 0 Å². The number of nitrogens with two attached hydrogens (primary N) is 1. The summed E-state index contributed by atoms with van der Waals surface area (Å²) >= 11 is 0. The number of rotatable bonds is 12. The fourth-order valence-corrected chi connectivity index (χ4v) is 2.63. The Bertz CT molecular complexity index is 459. The summed E-state index contributed by atoms with van der Waals surface area (Å²) in [6.45, 7) is 33.2. The second kappa shape index (κ2) is 61.1. The molecule has 0 radical (unpaired) electrons. The standard InChI is InChI=1S/C8H18.C7H14N2O.C5H9N.C4H7NO2.C3H8.3C2H6/c1-3-5-7-8-6-4-2;1-6-3-2-4-9(6)7(10)5-8;1-3-5-6-4-2;1-4(7)2-5-3-6;1-3-2;3*1-2/h3-8H2,1-2H3;6H,2-5,8H2,1H3;3-4,6H,1-2,5H2;3H,2H2,1H3,(H,5,6);3H2,1-2H3;3*1-2H3. The minimum Gasteiger partial charge on any atom is -0.388 e. The minimum atomic E-state index is -0.0351. The van der Waals surface area contributed by atoms with Gasteiger partial charge in [0.25, 0.3) is 0 Å². The number of hydrogen-bond acceptors (Lipinski definition) is 5. The Morgan fingerprint density at radius 3 is 1.55 bits per heavy atom. The molecule has 0 saturated carbocycles. The van der Waals surface area contributed by atoms with Crippen LogP contribution in [0.15, 0.2) is 25.4 Å². The lowest BCUT2D eigenvalue weighted by Gasteiger charge is -2.19. The smallest absolute Gasteiger partial charge is 0.236 e. The maximum Gasteiger partial charge on any atom is 0.236 e. The third-order valence-electron chi connectivity index (χ3n) is 4.35. The number of nitrogens with one attached hydrogen (secondary N) is 2. The van der Waals surface area contributed by atoms with Gasteiger partial charge in [0, 0.05) is 19.1 Å². The van der Waals surface area contributed by atoms with Gasteiger partial charge in [-0.3, -0.25) is 14.4 Å². The van der Waals surface area contributed by atoms with Crippen molar-refractivity contribution in [3.8, 4) is 0 Å². The van der Waals surface area contributed by atoms with E-state index in [0.29, 0.717) is 12.5 Å². The molecule has 1 saturated heterocycles. The molecule has 1 heterocycles. The van der Waals surface area contributed by atoms with Crippen LogP contribution in [0.2, 0.25) is 0 Å². The molecule has 1 aliphatic rings. The summed E-state index contributed by atoms with van der Waals surface area (Å²) in [5.74, 6) is 0.0529. The summed E-state index contributed by atoms with van der Waals surface area (Å²) in [6.07, 6.45) is 15.9. The van der Waals surface area contributed by atoms with Crippen LogP contribution >= 0.6 is 0 Å². The van der Waals surface area contributed by atoms with Gasteiger partial charge in [-0.15, -0.1) is 6.58 Å². The molecule has 1 unspecified atom stereocenters. The van der Waals surface area contributed by atoms with E-state index in [0.717, 1.165) is 25.9 Å². The molecule has 4 N–H and O–H groups in total. The number of hydrogen-bond donors (Lipinski definition) is 3. The van der Waals surface area contributed by atoms with E-state index in [9.17, 15) is 14.4 Å². The van der Waals surface area contributed by atoms with Gasteiger partial charge in [-0.05, 0) is 32.9 Å². The largest absolute Gasteiger partial charge is 0.388 e. The Labute approximate surface area is 252 Å². The number of likely N-dealkylation sites (tertiary alicyclic amines) is 1. The SMILES string of the molecule is C=CCNC=C.CC.CC.CC.CC(=O)CNC=O.CC1CCCN1C(=O)CN.CCC.CCCCCCCC. The molecule has 1 fully saturated rings. The van der Waals surface area contributed by atoms with Gasteiger partial charge in [0.2, 0.25) is 12.3 Å². The fourth-order valence-electron chi connectivity index (χ4n) is 2.63. The Hall–Kier alpha value is -2.15. The molecule has 2 amide bonds. The van der Waals surface area contributed by atoms with Crippen molar-refractivity contribution in [2.24, 2.45) is 5.73 Å². The van der Waals surface area contributed by atoms with Gasteiger partial charge in [0.15, 0.2) is 0 Å². The van der Waals surface area contributed by atoms with Crippen molar-refractivity contribution in [1.29, 1.82) is 0 Å². The number of unbranched alkanes of at least 4 members (excludes halogenated alkanes) is 5. The Morgan fingerprint density at radius 2 is 1.35 bits per heavy atom. The summed E-state index contributed by atoms with van der Waals surface area (Å²) in [5.41, 5.74) is 5.22. The van der Waals surface area contributed by atoms with Crippen molar-refractivity contribution in [2.45, 2.75) is 147 Å². The van der Waals surface area contributed by atoms with Crippen LogP contribution < -0.4 is 16.4 Å².